The highest BCUT2D eigenvalue weighted by Crippen LogP contribution is 2.78. The molecule has 0 unspecified atom stereocenters. The number of hydrogen-bond donors (Lipinski definition) is 3. The third-order valence-electron chi connectivity index (χ3n) is 10.9. The molecule has 6 fully saturated rings. The molecule has 6 aliphatic rings. The molecule has 170 valence electrons. The second kappa shape index (κ2) is 5.99. The van der Waals surface area contributed by atoms with Gasteiger partial charge >= 0.3 is 0 Å². The molecule has 7 bridgehead atoms. The molecule has 5 saturated carbocycles. The van der Waals surface area contributed by atoms with Gasteiger partial charge in [-0.05, 0) is 38.1 Å². The number of β-amino-alcohol motifs (C(OH)–C–C–N with tert-alkyl or cyclic N) is 1. The smallest absolute Gasteiger partial charge is 0.124 e. The lowest BCUT2D eigenvalue weighted by molar-refractivity contribution is -0.338. The number of hydrogen-bond acceptors (Lipinski definition) is 7. The SMILES string of the molecule is CCN1C[C@]2(O)CC[C@H](OC)[C@@]34[C@@H]2C[C@H]([C@@H]13)[C@@]1(O)C[C@H](OC)[C@H]2C[C@@H]4[C@]1(O)[C@H]2OC. The van der Waals surface area contributed by atoms with E-state index in [0.29, 0.717) is 13.0 Å². The Morgan fingerprint density at radius 3 is 2.40 bits per heavy atom. The maximum Gasteiger partial charge on any atom is 0.124 e. The van der Waals surface area contributed by atoms with E-state index in [2.05, 4.69) is 11.8 Å². The van der Waals surface area contributed by atoms with E-state index in [1.165, 1.54) is 0 Å². The van der Waals surface area contributed by atoms with Crippen LogP contribution in [0.4, 0.5) is 0 Å². The second-order valence-corrected chi connectivity index (χ2v) is 11.1. The van der Waals surface area contributed by atoms with Crippen molar-refractivity contribution < 1.29 is 29.5 Å². The molecule has 7 nitrogen and oxygen atoms in total. The summed E-state index contributed by atoms with van der Waals surface area (Å²) in [6.45, 7) is 3.62. The number of rotatable bonds is 4. The third kappa shape index (κ3) is 1.80. The van der Waals surface area contributed by atoms with E-state index in [4.69, 9.17) is 14.2 Å². The van der Waals surface area contributed by atoms with Gasteiger partial charge in [0.05, 0.1) is 23.9 Å². The largest absolute Gasteiger partial charge is 0.388 e. The van der Waals surface area contributed by atoms with Gasteiger partial charge < -0.3 is 29.5 Å². The van der Waals surface area contributed by atoms with E-state index >= 15 is 0 Å². The maximum atomic E-state index is 12.4. The Kier molecular flexibility index (Phi) is 4.06. The molecule has 0 aromatic carbocycles. The zero-order chi connectivity index (χ0) is 21.3. The highest BCUT2D eigenvalue weighted by Gasteiger charge is 2.88. The summed E-state index contributed by atoms with van der Waals surface area (Å²) in [7, 11) is 5.13. The van der Waals surface area contributed by atoms with Crippen LogP contribution in [0.2, 0.25) is 0 Å². The van der Waals surface area contributed by atoms with Crippen molar-refractivity contribution in [1.29, 1.82) is 0 Å². The first-order chi connectivity index (χ1) is 14.3. The fourth-order valence-corrected chi connectivity index (χ4v) is 10.3. The van der Waals surface area contributed by atoms with Crippen LogP contribution in [0, 0.1) is 29.1 Å². The summed E-state index contributed by atoms with van der Waals surface area (Å²) < 4.78 is 18.0. The molecule has 0 aromatic heterocycles. The van der Waals surface area contributed by atoms with Crippen LogP contribution >= 0.6 is 0 Å². The van der Waals surface area contributed by atoms with Crippen molar-refractivity contribution in [3.63, 3.8) is 0 Å². The first-order valence-electron chi connectivity index (χ1n) is 11.8. The van der Waals surface area contributed by atoms with Gasteiger partial charge in [0, 0.05) is 63.5 Å². The van der Waals surface area contributed by atoms with Crippen LogP contribution in [0.15, 0.2) is 0 Å². The van der Waals surface area contributed by atoms with Crippen LogP contribution in [0.25, 0.3) is 0 Å². The number of aliphatic hydroxyl groups is 3. The average Bonchev–Trinajstić information content (AvgIpc) is 3.16. The molecular formula is C23H37NO6. The van der Waals surface area contributed by atoms with Crippen LogP contribution in [0.5, 0.6) is 0 Å². The lowest BCUT2D eigenvalue weighted by Crippen LogP contribution is -2.83. The Bertz CT molecular complexity index is 751. The lowest BCUT2D eigenvalue weighted by Gasteiger charge is -2.70. The van der Waals surface area contributed by atoms with Crippen LogP contribution in [0.3, 0.4) is 0 Å². The summed E-state index contributed by atoms with van der Waals surface area (Å²) in [5.41, 5.74) is -3.81. The molecule has 3 N–H and O–H groups in total. The minimum Gasteiger partial charge on any atom is -0.388 e. The standard InChI is InChI=1S/C23H37NO6/c1-5-24-11-20(25)7-6-17(29-3)22-15(20)9-13(18(22)24)21(26)10-14(28-2)12-8-16(22)23(21,27)19(12)30-4/h12-19,25-27H,5-11H2,1-4H3/t12-,13-,14+,15-,16+,17+,18-,19+,20-,21+,22+,23+/m1/s1. The Hall–Kier alpha value is -0.280. The average molecular weight is 424 g/mol. The first-order valence-corrected chi connectivity index (χ1v) is 11.8. The summed E-state index contributed by atoms with van der Waals surface area (Å²) in [5, 5.41) is 36.8. The topological polar surface area (TPSA) is 91.6 Å². The van der Waals surface area contributed by atoms with Gasteiger partial charge in [0.15, 0.2) is 0 Å². The number of nitrogens with zero attached hydrogens (tertiary/aromatic N) is 1. The molecular weight excluding hydrogens is 386 g/mol. The minimum absolute atomic E-state index is 0.0300. The maximum absolute atomic E-state index is 12.4. The normalized spacial score (nSPS) is 63.3. The molecule has 0 amide bonds. The monoisotopic (exact) mass is 423 g/mol. The zero-order valence-corrected chi connectivity index (χ0v) is 18.6. The van der Waals surface area contributed by atoms with E-state index in [1.807, 2.05) is 0 Å². The van der Waals surface area contributed by atoms with Crippen molar-refractivity contribution in [2.75, 3.05) is 34.4 Å². The number of likely N-dealkylation sites (N-methyl/N-ethyl adjacent to an activating group) is 1. The Balaban J connectivity index is 1.63. The minimum atomic E-state index is -1.34. The molecule has 30 heavy (non-hydrogen) atoms. The van der Waals surface area contributed by atoms with Crippen molar-refractivity contribution in [2.24, 2.45) is 29.1 Å². The van der Waals surface area contributed by atoms with Gasteiger partial charge in [-0.25, -0.2) is 0 Å². The number of fused-ring (bicyclic) bond motifs is 2. The van der Waals surface area contributed by atoms with E-state index in [-0.39, 0.29) is 47.3 Å². The quantitative estimate of drug-likeness (QED) is 0.603. The summed E-state index contributed by atoms with van der Waals surface area (Å²) in [4.78, 5) is 2.40. The number of ether oxygens (including phenoxy) is 3. The molecule has 0 aromatic rings. The number of piperidine rings is 1. The van der Waals surface area contributed by atoms with Crippen molar-refractivity contribution in [3.8, 4) is 0 Å². The van der Waals surface area contributed by atoms with E-state index in [1.54, 1.807) is 21.3 Å². The highest BCUT2D eigenvalue weighted by atomic mass is 16.5. The second-order valence-electron chi connectivity index (χ2n) is 11.1. The van der Waals surface area contributed by atoms with E-state index < -0.39 is 22.9 Å². The van der Waals surface area contributed by atoms with Gasteiger partial charge in [-0.15, -0.1) is 0 Å². The molecule has 1 spiro atoms. The van der Waals surface area contributed by atoms with Gasteiger partial charge in [0.1, 0.15) is 11.2 Å². The fourth-order valence-electron chi connectivity index (χ4n) is 10.3. The van der Waals surface area contributed by atoms with Crippen molar-refractivity contribution in [1.82, 2.24) is 4.90 Å². The molecule has 1 aliphatic heterocycles. The molecule has 1 saturated heterocycles. The predicted octanol–water partition coefficient (Wildman–Crippen LogP) is 0.399. The highest BCUT2D eigenvalue weighted by molar-refractivity contribution is 5.38. The fraction of sp³-hybridized carbons (Fsp3) is 1.00. The van der Waals surface area contributed by atoms with Gasteiger partial charge in [-0.1, -0.05) is 6.92 Å². The van der Waals surface area contributed by atoms with Crippen molar-refractivity contribution in [2.45, 2.75) is 80.2 Å². The number of likely N-dealkylation sites (tertiary alicyclic amines) is 1. The van der Waals surface area contributed by atoms with E-state index in [9.17, 15) is 15.3 Å². The summed E-state index contributed by atoms with van der Waals surface area (Å²) in [6, 6.07) is 0.0974. The van der Waals surface area contributed by atoms with Crippen molar-refractivity contribution in [3.05, 3.63) is 0 Å². The predicted molar refractivity (Wildman–Crippen MR) is 108 cm³/mol. The van der Waals surface area contributed by atoms with Crippen LogP contribution < -0.4 is 0 Å². The van der Waals surface area contributed by atoms with Crippen LogP contribution in [-0.2, 0) is 14.2 Å². The van der Waals surface area contributed by atoms with Crippen LogP contribution in [0.1, 0.15) is 39.0 Å². The Morgan fingerprint density at radius 1 is 1.00 bits per heavy atom. The molecule has 7 heteroatoms. The third-order valence-corrected chi connectivity index (χ3v) is 10.9. The van der Waals surface area contributed by atoms with Gasteiger partial charge in [0.25, 0.3) is 0 Å². The van der Waals surface area contributed by atoms with Gasteiger partial charge in [0.2, 0.25) is 0 Å². The Morgan fingerprint density at radius 2 is 1.77 bits per heavy atom. The molecule has 0 radical (unpaired) electrons. The van der Waals surface area contributed by atoms with Crippen LogP contribution in [-0.4, -0.2) is 95.8 Å². The van der Waals surface area contributed by atoms with Gasteiger partial charge in [-0.3, -0.25) is 4.90 Å². The molecule has 5 aliphatic carbocycles. The number of methoxy groups -OCH3 is 3. The Labute approximate surface area is 178 Å². The van der Waals surface area contributed by atoms with Crippen molar-refractivity contribution >= 4 is 0 Å². The molecule has 1 heterocycles. The molecule has 12 atom stereocenters. The molecule has 6 rings (SSSR count). The van der Waals surface area contributed by atoms with E-state index in [0.717, 1.165) is 32.2 Å². The summed E-state index contributed by atoms with van der Waals surface area (Å²) in [5.74, 6) is -0.262. The zero-order valence-electron chi connectivity index (χ0n) is 18.6. The van der Waals surface area contributed by atoms with Gasteiger partial charge in [-0.2, -0.15) is 0 Å². The first kappa shape index (κ1) is 20.3. The summed E-state index contributed by atoms with van der Waals surface area (Å²) in [6.07, 6.45) is 2.77. The summed E-state index contributed by atoms with van der Waals surface area (Å²) >= 11 is 0. The lowest BCUT2D eigenvalue weighted by atomic mass is 9.44.